The average Bonchev–Trinajstić information content (AvgIpc) is 2.65. The second-order valence-corrected chi connectivity index (χ2v) is 7.62. The molecule has 1 aliphatic rings. The van der Waals surface area contributed by atoms with Crippen molar-refractivity contribution in [3.05, 3.63) is 57.8 Å². The van der Waals surface area contributed by atoms with Crippen LogP contribution in [0.5, 0.6) is 5.75 Å². The molecule has 1 saturated heterocycles. The van der Waals surface area contributed by atoms with Crippen molar-refractivity contribution >= 4 is 44.9 Å². The predicted molar refractivity (Wildman–Crippen MR) is 112 cm³/mol. The number of morpholine rings is 1. The first-order chi connectivity index (χ1) is 12.7. The van der Waals surface area contributed by atoms with E-state index in [1.807, 2.05) is 24.4 Å². The first kappa shape index (κ1) is 17.5. The highest BCUT2D eigenvalue weighted by Gasteiger charge is 2.13. The van der Waals surface area contributed by atoms with Crippen LogP contribution in [-0.4, -0.2) is 41.3 Å². The van der Waals surface area contributed by atoms with E-state index < -0.39 is 0 Å². The zero-order valence-electron chi connectivity index (χ0n) is 14.3. The number of phenolic OH excluding ortho intramolecular Hbond substituents is 1. The summed E-state index contributed by atoms with van der Waals surface area (Å²) < 4.78 is 6.56. The Hall–Kier alpha value is -1.90. The minimum Gasteiger partial charge on any atom is -0.508 e. The molecule has 0 unspecified atom stereocenters. The van der Waals surface area contributed by atoms with Gasteiger partial charge >= 0.3 is 0 Å². The Morgan fingerprint density at radius 2 is 1.96 bits per heavy atom. The van der Waals surface area contributed by atoms with E-state index in [4.69, 9.17) is 4.74 Å². The van der Waals surface area contributed by atoms with Gasteiger partial charge in [0.25, 0.3) is 0 Å². The normalized spacial score (nSPS) is 15.3. The Morgan fingerprint density at radius 3 is 2.81 bits per heavy atom. The summed E-state index contributed by atoms with van der Waals surface area (Å²) in [4.78, 5) is 6.75. The van der Waals surface area contributed by atoms with Gasteiger partial charge in [-0.3, -0.25) is 9.88 Å². The van der Waals surface area contributed by atoms with Gasteiger partial charge < -0.3 is 15.2 Å². The van der Waals surface area contributed by atoms with Gasteiger partial charge in [0, 0.05) is 51.7 Å². The Kier molecular flexibility index (Phi) is 5.23. The number of benzene rings is 2. The first-order valence-corrected chi connectivity index (χ1v) is 9.70. The molecule has 1 fully saturated rings. The minimum atomic E-state index is 0.330. The molecule has 0 amide bonds. The third-order valence-corrected chi connectivity index (χ3v) is 5.23. The van der Waals surface area contributed by atoms with Crippen LogP contribution in [0.25, 0.3) is 10.9 Å². The molecule has 26 heavy (non-hydrogen) atoms. The molecular formula is C20H20IN3O2. The van der Waals surface area contributed by atoms with Crippen LogP contribution < -0.4 is 5.32 Å². The Bertz CT molecular complexity index is 926. The fraction of sp³-hybridized carbons (Fsp3) is 0.250. The van der Waals surface area contributed by atoms with Crippen molar-refractivity contribution in [3.63, 3.8) is 0 Å². The molecule has 5 nitrogen and oxygen atoms in total. The van der Waals surface area contributed by atoms with Gasteiger partial charge in [0.15, 0.2) is 0 Å². The van der Waals surface area contributed by atoms with E-state index in [1.165, 1.54) is 0 Å². The molecule has 4 rings (SSSR count). The molecule has 1 aromatic heterocycles. The van der Waals surface area contributed by atoms with E-state index in [0.717, 1.165) is 64.3 Å². The van der Waals surface area contributed by atoms with Crippen LogP contribution >= 0.6 is 22.6 Å². The van der Waals surface area contributed by atoms with Crippen molar-refractivity contribution in [2.45, 2.75) is 6.54 Å². The van der Waals surface area contributed by atoms with Crippen molar-refractivity contribution in [2.24, 2.45) is 0 Å². The van der Waals surface area contributed by atoms with Crippen molar-refractivity contribution in [3.8, 4) is 5.75 Å². The van der Waals surface area contributed by atoms with E-state index in [1.54, 1.807) is 6.07 Å². The van der Waals surface area contributed by atoms with Gasteiger partial charge in [0.05, 0.1) is 18.7 Å². The van der Waals surface area contributed by atoms with Crippen LogP contribution in [0, 0.1) is 3.57 Å². The maximum absolute atomic E-state index is 10.2. The number of aromatic nitrogens is 1. The lowest BCUT2D eigenvalue weighted by Gasteiger charge is -2.27. The largest absolute Gasteiger partial charge is 0.508 e. The summed E-state index contributed by atoms with van der Waals surface area (Å²) in [6, 6.07) is 13.9. The molecule has 2 heterocycles. The van der Waals surface area contributed by atoms with E-state index in [-0.39, 0.29) is 0 Å². The molecule has 0 aliphatic carbocycles. The number of anilines is 2. The second kappa shape index (κ2) is 7.77. The number of rotatable bonds is 4. The molecule has 2 N–H and O–H groups in total. The van der Waals surface area contributed by atoms with Crippen LogP contribution in [0.3, 0.4) is 0 Å². The zero-order chi connectivity index (χ0) is 17.9. The van der Waals surface area contributed by atoms with Gasteiger partial charge in [-0.15, -0.1) is 0 Å². The van der Waals surface area contributed by atoms with Crippen LogP contribution in [0.2, 0.25) is 0 Å². The highest BCUT2D eigenvalue weighted by molar-refractivity contribution is 14.1. The summed E-state index contributed by atoms with van der Waals surface area (Å²) in [7, 11) is 0. The average molecular weight is 461 g/mol. The molecule has 0 bridgehead atoms. The van der Waals surface area contributed by atoms with Crippen molar-refractivity contribution in [1.82, 2.24) is 9.88 Å². The number of nitrogens with one attached hydrogen (secondary N) is 1. The molecule has 3 aromatic rings. The third-order valence-electron chi connectivity index (χ3n) is 4.56. The molecule has 0 spiro atoms. The zero-order valence-corrected chi connectivity index (χ0v) is 16.4. The van der Waals surface area contributed by atoms with E-state index in [9.17, 15) is 5.11 Å². The highest BCUT2D eigenvalue weighted by Crippen LogP contribution is 2.29. The van der Waals surface area contributed by atoms with Crippen LogP contribution in [0.4, 0.5) is 11.4 Å². The van der Waals surface area contributed by atoms with E-state index in [0.29, 0.717) is 5.75 Å². The molecule has 134 valence electrons. The SMILES string of the molecule is Oc1ccc(Nc2ccnc3cc(I)ccc23)cc1CN1CCOCC1. The quantitative estimate of drug-likeness (QED) is 0.453. The number of nitrogens with zero attached hydrogens (tertiary/aromatic N) is 2. The summed E-state index contributed by atoms with van der Waals surface area (Å²) in [5.74, 6) is 0.330. The van der Waals surface area contributed by atoms with Gasteiger partial charge in [0.2, 0.25) is 0 Å². The predicted octanol–water partition coefficient (Wildman–Crippen LogP) is 4.12. The summed E-state index contributed by atoms with van der Waals surface area (Å²) >= 11 is 2.30. The third kappa shape index (κ3) is 3.92. The lowest BCUT2D eigenvalue weighted by molar-refractivity contribution is 0.0339. The molecular weight excluding hydrogens is 441 g/mol. The number of halogens is 1. The molecule has 1 aliphatic heterocycles. The number of fused-ring (bicyclic) bond motifs is 1. The van der Waals surface area contributed by atoms with Crippen LogP contribution in [0.15, 0.2) is 48.7 Å². The molecule has 6 heteroatoms. The monoisotopic (exact) mass is 461 g/mol. The summed E-state index contributed by atoms with van der Waals surface area (Å²) in [6.45, 7) is 4.01. The van der Waals surface area contributed by atoms with Gasteiger partial charge in [-0.2, -0.15) is 0 Å². The maximum Gasteiger partial charge on any atom is 0.120 e. The van der Waals surface area contributed by atoms with Crippen molar-refractivity contribution in [2.75, 3.05) is 31.6 Å². The van der Waals surface area contributed by atoms with Crippen LogP contribution in [0.1, 0.15) is 5.56 Å². The second-order valence-electron chi connectivity index (χ2n) is 6.38. The lowest BCUT2D eigenvalue weighted by atomic mass is 10.1. The maximum atomic E-state index is 10.2. The number of aromatic hydroxyl groups is 1. The van der Waals surface area contributed by atoms with Gasteiger partial charge in [-0.1, -0.05) is 0 Å². The highest BCUT2D eigenvalue weighted by atomic mass is 127. The molecule has 0 radical (unpaired) electrons. The van der Waals surface area contributed by atoms with Crippen molar-refractivity contribution < 1.29 is 9.84 Å². The number of hydrogen-bond donors (Lipinski definition) is 2. The molecule has 2 aromatic carbocycles. The molecule has 0 saturated carbocycles. The van der Waals surface area contributed by atoms with Crippen LogP contribution in [-0.2, 0) is 11.3 Å². The number of hydrogen-bond acceptors (Lipinski definition) is 5. The Morgan fingerprint density at radius 1 is 1.12 bits per heavy atom. The van der Waals surface area contributed by atoms with Gasteiger partial charge in [-0.25, -0.2) is 0 Å². The fourth-order valence-corrected chi connectivity index (χ4v) is 3.65. The van der Waals surface area contributed by atoms with Gasteiger partial charge in [-0.05, 0) is 65.1 Å². The van der Waals surface area contributed by atoms with E-state index in [2.05, 4.69) is 56.0 Å². The van der Waals surface area contributed by atoms with Gasteiger partial charge in [0.1, 0.15) is 5.75 Å². The van der Waals surface area contributed by atoms with Crippen molar-refractivity contribution in [1.29, 1.82) is 0 Å². The number of pyridine rings is 1. The smallest absolute Gasteiger partial charge is 0.120 e. The summed E-state index contributed by atoms with van der Waals surface area (Å²) in [6.07, 6.45) is 1.82. The van der Waals surface area contributed by atoms with E-state index >= 15 is 0 Å². The minimum absolute atomic E-state index is 0.330. The fourth-order valence-electron chi connectivity index (χ4n) is 3.18. The Labute approximate surface area is 166 Å². The standard InChI is InChI=1S/C20H20IN3O2/c21-15-1-3-17-18(5-6-22-19(17)12-15)23-16-2-4-20(25)14(11-16)13-24-7-9-26-10-8-24/h1-6,11-12,25H,7-10,13H2,(H,22,23). The summed E-state index contributed by atoms with van der Waals surface area (Å²) in [5, 5.41) is 14.8. The lowest BCUT2D eigenvalue weighted by Crippen LogP contribution is -2.35. The summed E-state index contributed by atoms with van der Waals surface area (Å²) in [5.41, 5.74) is 3.85. The molecule has 0 atom stereocenters. The Balaban J connectivity index is 1.59. The number of ether oxygens (including phenoxy) is 1. The topological polar surface area (TPSA) is 57.6 Å². The first-order valence-electron chi connectivity index (χ1n) is 8.62. The number of phenols is 1.